The Morgan fingerprint density at radius 3 is 2.63 bits per heavy atom. The van der Waals surface area contributed by atoms with Crippen LogP contribution in [0.3, 0.4) is 0 Å². The molecule has 0 bridgehead atoms. The van der Waals surface area contributed by atoms with Gasteiger partial charge in [-0.1, -0.05) is 35.9 Å². The number of nitrogens with zero attached hydrogens (tertiary/aromatic N) is 4. The third kappa shape index (κ3) is 4.96. The number of aromatic nitrogens is 5. The van der Waals surface area contributed by atoms with Gasteiger partial charge in [-0.2, -0.15) is 5.10 Å². The number of halogens is 1. The number of piperidine rings is 1. The summed E-state index contributed by atoms with van der Waals surface area (Å²) in [4.78, 5) is 27.7. The van der Waals surface area contributed by atoms with Gasteiger partial charge in [0.15, 0.2) is 5.65 Å². The van der Waals surface area contributed by atoms with Crippen molar-refractivity contribution in [3.63, 3.8) is 0 Å². The molecule has 0 atom stereocenters. The molecule has 1 fully saturated rings. The fourth-order valence-electron chi connectivity index (χ4n) is 5.64. The van der Waals surface area contributed by atoms with Gasteiger partial charge in [0.25, 0.3) is 0 Å². The van der Waals surface area contributed by atoms with Crippen LogP contribution >= 0.6 is 11.6 Å². The number of fused-ring (bicyclic) bond motifs is 2. The first-order chi connectivity index (χ1) is 20.0. The molecule has 0 spiro atoms. The highest BCUT2D eigenvalue weighted by molar-refractivity contribution is 6.31. The second-order valence-electron chi connectivity index (χ2n) is 10.7. The molecule has 1 aliphatic heterocycles. The van der Waals surface area contributed by atoms with Crippen molar-refractivity contribution in [2.24, 2.45) is 5.92 Å². The lowest BCUT2D eigenvalue weighted by molar-refractivity contribution is -0.121. The molecule has 7 rings (SSSR count). The lowest BCUT2D eigenvalue weighted by Crippen LogP contribution is -2.35. The van der Waals surface area contributed by atoms with Gasteiger partial charge in [0, 0.05) is 50.8 Å². The van der Waals surface area contributed by atoms with E-state index >= 15 is 0 Å². The molecule has 41 heavy (non-hydrogen) atoms. The lowest BCUT2D eigenvalue weighted by atomic mass is 9.96. The number of hydrogen-bond donors (Lipinski definition) is 3. The zero-order valence-corrected chi connectivity index (χ0v) is 23.2. The zero-order chi connectivity index (χ0) is 27.9. The monoisotopic (exact) mass is 561 g/mol. The molecule has 0 aliphatic carbocycles. The fraction of sp³-hybridized carbons (Fsp3) is 0.188. The standard InChI is InChI=1S/C32H28ClN7O/c1-40-10-8-19(9-11-40)32(41)36-24-13-21(16-34-18-24)22-14-27-30(38-39-31(27)35-17-22)29-15-26-25(6-3-7-28(26)37-29)20-4-2-5-23(33)12-20/h2-7,12-19,37H,8-11H2,1H3,(H,36,41)(H,35,38,39). The van der Waals surface area contributed by atoms with Crippen LogP contribution in [0.4, 0.5) is 5.69 Å². The Hall–Kier alpha value is -4.53. The molecule has 5 heterocycles. The number of rotatable bonds is 5. The van der Waals surface area contributed by atoms with Crippen LogP contribution in [0.1, 0.15) is 12.8 Å². The quantitative estimate of drug-likeness (QED) is 0.215. The highest BCUT2D eigenvalue weighted by Crippen LogP contribution is 2.35. The molecular formula is C32H28ClN7O. The molecule has 1 amide bonds. The molecule has 8 nitrogen and oxygen atoms in total. The van der Waals surface area contributed by atoms with Crippen LogP contribution in [0.2, 0.25) is 5.02 Å². The first-order valence-electron chi connectivity index (χ1n) is 13.7. The minimum absolute atomic E-state index is 0.0251. The van der Waals surface area contributed by atoms with E-state index in [4.69, 9.17) is 11.6 Å². The number of aromatic amines is 2. The minimum Gasteiger partial charge on any atom is -0.353 e. The molecule has 204 valence electrons. The van der Waals surface area contributed by atoms with Gasteiger partial charge in [-0.3, -0.25) is 14.9 Å². The van der Waals surface area contributed by atoms with E-state index in [0.717, 1.165) is 75.9 Å². The smallest absolute Gasteiger partial charge is 0.227 e. The maximum atomic E-state index is 12.9. The normalized spacial score (nSPS) is 14.6. The Labute approximate surface area is 241 Å². The van der Waals surface area contributed by atoms with Crippen molar-refractivity contribution in [2.75, 3.05) is 25.5 Å². The third-order valence-corrected chi connectivity index (χ3v) is 8.14. The predicted molar refractivity (Wildman–Crippen MR) is 164 cm³/mol. The summed E-state index contributed by atoms with van der Waals surface area (Å²) >= 11 is 6.28. The van der Waals surface area contributed by atoms with Gasteiger partial charge >= 0.3 is 0 Å². The number of carbonyl (C=O) groups is 1. The van der Waals surface area contributed by atoms with Crippen molar-refractivity contribution >= 4 is 45.1 Å². The van der Waals surface area contributed by atoms with Gasteiger partial charge in [-0.15, -0.1) is 0 Å². The zero-order valence-electron chi connectivity index (χ0n) is 22.5. The van der Waals surface area contributed by atoms with Crippen molar-refractivity contribution in [1.29, 1.82) is 0 Å². The maximum absolute atomic E-state index is 12.9. The van der Waals surface area contributed by atoms with Crippen molar-refractivity contribution in [3.8, 4) is 33.6 Å². The Morgan fingerprint density at radius 1 is 0.951 bits per heavy atom. The van der Waals surface area contributed by atoms with Gasteiger partial charge < -0.3 is 15.2 Å². The first kappa shape index (κ1) is 25.4. The van der Waals surface area contributed by atoms with Crippen LogP contribution < -0.4 is 5.32 Å². The largest absolute Gasteiger partial charge is 0.353 e. The number of hydrogen-bond acceptors (Lipinski definition) is 5. The van der Waals surface area contributed by atoms with Crippen LogP contribution in [-0.2, 0) is 4.79 Å². The highest BCUT2D eigenvalue weighted by Gasteiger charge is 2.23. The first-order valence-corrected chi connectivity index (χ1v) is 14.1. The van der Waals surface area contributed by atoms with E-state index in [2.05, 4.69) is 72.7 Å². The maximum Gasteiger partial charge on any atom is 0.227 e. The Bertz CT molecular complexity index is 1900. The topological polar surface area (TPSA) is 103 Å². The van der Waals surface area contributed by atoms with Crippen molar-refractivity contribution in [1.82, 2.24) is 30.0 Å². The number of benzene rings is 2. The van der Waals surface area contributed by atoms with Crippen LogP contribution in [0.15, 0.2) is 79.3 Å². The van der Waals surface area contributed by atoms with Gasteiger partial charge in [0.1, 0.15) is 0 Å². The number of carbonyl (C=O) groups excluding carboxylic acids is 1. The molecule has 4 aromatic heterocycles. The molecule has 0 saturated carbocycles. The summed E-state index contributed by atoms with van der Waals surface area (Å²) in [6.07, 6.45) is 7.00. The number of pyridine rings is 2. The van der Waals surface area contributed by atoms with Gasteiger partial charge in [-0.05, 0) is 80.5 Å². The van der Waals surface area contributed by atoms with Crippen LogP contribution in [0.5, 0.6) is 0 Å². The summed E-state index contributed by atoms with van der Waals surface area (Å²) in [6.45, 7) is 1.88. The number of amides is 1. The fourth-order valence-corrected chi connectivity index (χ4v) is 5.83. The molecular weight excluding hydrogens is 534 g/mol. The van der Waals surface area contributed by atoms with E-state index in [9.17, 15) is 4.79 Å². The Morgan fingerprint density at radius 2 is 1.78 bits per heavy atom. The number of anilines is 1. The highest BCUT2D eigenvalue weighted by atomic mass is 35.5. The summed E-state index contributed by atoms with van der Waals surface area (Å²) in [7, 11) is 2.09. The third-order valence-electron chi connectivity index (χ3n) is 7.91. The Kier molecular flexibility index (Phi) is 6.49. The second-order valence-corrected chi connectivity index (χ2v) is 11.1. The van der Waals surface area contributed by atoms with Gasteiger partial charge in [0.2, 0.25) is 5.91 Å². The summed E-state index contributed by atoms with van der Waals surface area (Å²) in [5.41, 5.74) is 7.99. The predicted octanol–water partition coefficient (Wildman–Crippen LogP) is 6.77. The summed E-state index contributed by atoms with van der Waals surface area (Å²) in [6, 6.07) is 20.2. The molecule has 0 radical (unpaired) electrons. The van der Waals surface area contributed by atoms with E-state index in [-0.39, 0.29) is 11.8 Å². The molecule has 3 N–H and O–H groups in total. The molecule has 9 heteroatoms. The van der Waals surface area contributed by atoms with E-state index < -0.39 is 0 Å². The molecule has 1 saturated heterocycles. The molecule has 1 aliphatic rings. The van der Waals surface area contributed by atoms with Gasteiger partial charge in [0.05, 0.1) is 23.3 Å². The SMILES string of the molecule is CN1CCC(C(=O)Nc2cncc(-c3cnc4n[nH]c(-c5cc6c(-c7cccc(Cl)c7)cccc6[nH]5)c4c3)c2)CC1. The summed E-state index contributed by atoms with van der Waals surface area (Å²) in [5.74, 6) is 0.0794. The Balaban J connectivity index is 1.21. The average molecular weight is 562 g/mol. The van der Waals surface area contributed by atoms with E-state index in [0.29, 0.717) is 16.4 Å². The lowest BCUT2D eigenvalue weighted by Gasteiger charge is -2.28. The molecule has 2 aromatic carbocycles. The average Bonchev–Trinajstić information content (AvgIpc) is 3.61. The molecule has 0 unspecified atom stereocenters. The minimum atomic E-state index is 0.0251. The molecule has 6 aromatic rings. The summed E-state index contributed by atoms with van der Waals surface area (Å²) < 4.78 is 0. The van der Waals surface area contributed by atoms with Crippen LogP contribution in [-0.4, -0.2) is 56.1 Å². The van der Waals surface area contributed by atoms with Crippen LogP contribution in [0, 0.1) is 5.92 Å². The number of H-pyrrole nitrogens is 2. The van der Waals surface area contributed by atoms with Gasteiger partial charge in [-0.25, -0.2) is 4.98 Å². The van der Waals surface area contributed by atoms with E-state index in [1.54, 1.807) is 18.6 Å². The summed E-state index contributed by atoms with van der Waals surface area (Å²) in [5, 5.41) is 13.4. The number of likely N-dealkylation sites (tertiary alicyclic amines) is 1. The van der Waals surface area contributed by atoms with Crippen molar-refractivity contribution < 1.29 is 4.79 Å². The van der Waals surface area contributed by atoms with Crippen molar-refractivity contribution in [3.05, 3.63) is 84.3 Å². The van der Waals surface area contributed by atoms with Crippen LogP contribution in [0.25, 0.3) is 55.6 Å². The second kappa shape index (κ2) is 10.5. The number of nitrogens with one attached hydrogen (secondary N) is 3. The van der Waals surface area contributed by atoms with Crippen molar-refractivity contribution in [2.45, 2.75) is 12.8 Å². The van der Waals surface area contributed by atoms with E-state index in [1.165, 1.54) is 0 Å². The van der Waals surface area contributed by atoms with E-state index in [1.807, 2.05) is 30.3 Å².